The van der Waals surface area contributed by atoms with Gasteiger partial charge in [-0.1, -0.05) is 58.0 Å². The van der Waals surface area contributed by atoms with Crippen LogP contribution in [-0.4, -0.2) is 12.0 Å². The maximum absolute atomic E-state index is 2.26. The third kappa shape index (κ3) is 11.8. The van der Waals surface area contributed by atoms with Crippen LogP contribution in [0.2, 0.25) is 0 Å². The van der Waals surface area contributed by atoms with E-state index in [1.165, 1.54) is 24.2 Å². The first kappa shape index (κ1) is 16.6. The highest BCUT2D eigenvalue weighted by molar-refractivity contribution is 7.98. The SMILES string of the molecule is CC(C)Cc1ccccc1.CSCCC(C)C. The van der Waals surface area contributed by atoms with Crippen LogP contribution in [-0.2, 0) is 6.42 Å². The summed E-state index contributed by atoms with van der Waals surface area (Å²) in [4.78, 5) is 0. The van der Waals surface area contributed by atoms with Crippen LogP contribution in [0.1, 0.15) is 39.7 Å². The van der Waals surface area contributed by atoms with Crippen LogP contribution in [0.15, 0.2) is 30.3 Å². The molecule has 1 heteroatoms. The minimum atomic E-state index is 0.766. The molecule has 0 saturated carbocycles. The van der Waals surface area contributed by atoms with Crippen LogP contribution in [0.5, 0.6) is 0 Å². The van der Waals surface area contributed by atoms with Crippen LogP contribution >= 0.6 is 11.8 Å². The van der Waals surface area contributed by atoms with E-state index >= 15 is 0 Å². The van der Waals surface area contributed by atoms with E-state index < -0.39 is 0 Å². The molecule has 0 heterocycles. The van der Waals surface area contributed by atoms with E-state index in [2.05, 4.69) is 64.3 Å². The zero-order chi connectivity index (χ0) is 13.1. The average molecular weight is 252 g/mol. The largest absolute Gasteiger partial charge is 0.165 e. The van der Waals surface area contributed by atoms with Crippen molar-refractivity contribution in [2.24, 2.45) is 11.8 Å². The van der Waals surface area contributed by atoms with Crippen molar-refractivity contribution in [2.75, 3.05) is 12.0 Å². The van der Waals surface area contributed by atoms with Crippen molar-refractivity contribution in [1.29, 1.82) is 0 Å². The third-order valence-corrected chi connectivity index (χ3v) is 3.03. The normalized spacial score (nSPS) is 10.3. The molecular formula is C16H28S. The van der Waals surface area contributed by atoms with Crippen molar-refractivity contribution in [3.05, 3.63) is 35.9 Å². The fourth-order valence-corrected chi connectivity index (χ4v) is 2.15. The monoisotopic (exact) mass is 252 g/mol. The lowest BCUT2D eigenvalue weighted by Crippen LogP contribution is -1.92. The first-order chi connectivity index (χ1) is 8.06. The van der Waals surface area contributed by atoms with Crippen molar-refractivity contribution in [3.8, 4) is 0 Å². The molecule has 0 spiro atoms. The maximum Gasteiger partial charge on any atom is -0.00679 e. The number of hydrogen-bond donors (Lipinski definition) is 0. The molecule has 0 aliphatic heterocycles. The summed E-state index contributed by atoms with van der Waals surface area (Å²) in [6.45, 7) is 9.01. The summed E-state index contributed by atoms with van der Waals surface area (Å²) >= 11 is 1.93. The minimum Gasteiger partial charge on any atom is -0.165 e. The van der Waals surface area contributed by atoms with Crippen LogP contribution in [0, 0.1) is 11.8 Å². The van der Waals surface area contributed by atoms with E-state index in [4.69, 9.17) is 0 Å². The second kappa shape index (κ2) is 10.7. The van der Waals surface area contributed by atoms with Gasteiger partial charge in [0, 0.05) is 0 Å². The molecule has 0 amide bonds. The third-order valence-electron chi connectivity index (χ3n) is 2.39. The molecule has 1 aromatic rings. The second-order valence-electron chi connectivity index (χ2n) is 5.26. The van der Waals surface area contributed by atoms with Crippen molar-refractivity contribution < 1.29 is 0 Å². The number of hydrogen-bond acceptors (Lipinski definition) is 1. The van der Waals surface area contributed by atoms with E-state index in [1.807, 2.05) is 11.8 Å². The first-order valence-electron chi connectivity index (χ1n) is 6.59. The van der Waals surface area contributed by atoms with E-state index in [1.54, 1.807) is 0 Å². The Morgan fingerprint density at radius 1 is 0.941 bits per heavy atom. The molecule has 1 aromatic carbocycles. The number of rotatable bonds is 5. The zero-order valence-corrected chi connectivity index (χ0v) is 12.9. The van der Waals surface area contributed by atoms with E-state index in [0.717, 1.165) is 11.8 Å². The summed E-state index contributed by atoms with van der Waals surface area (Å²) in [6, 6.07) is 10.6. The van der Waals surface area contributed by atoms with Gasteiger partial charge in [0.2, 0.25) is 0 Å². The summed E-state index contributed by atoms with van der Waals surface area (Å²) in [5.41, 5.74) is 1.44. The molecule has 0 aliphatic rings. The molecule has 0 N–H and O–H groups in total. The Kier molecular flexibility index (Phi) is 10.4. The Morgan fingerprint density at radius 2 is 1.53 bits per heavy atom. The molecule has 1 rings (SSSR count). The lowest BCUT2D eigenvalue weighted by molar-refractivity contribution is 0.632. The van der Waals surface area contributed by atoms with Gasteiger partial charge in [-0.15, -0.1) is 0 Å². The topological polar surface area (TPSA) is 0 Å². The van der Waals surface area contributed by atoms with Crippen LogP contribution in [0.25, 0.3) is 0 Å². The predicted octanol–water partition coefficient (Wildman–Crippen LogP) is 5.28. The van der Waals surface area contributed by atoms with Gasteiger partial charge in [-0.05, 0) is 42.2 Å². The van der Waals surface area contributed by atoms with Gasteiger partial charge >= 0.3 is 0 Å². The molecule has 0 fully saturated rings. The Balaban J connectivity index is 0.000000325. The lowest BCUT2D eigenvalue weighted by Gasteiger charge is -2.02. The highest BCUT2D eigenvalue weighted by atomic mass is 32.2. The second-order valence-corrected chi connectivity index (χ2v) is 6.24. The molecular weight excluding hydrogens is 224 g/mol. The Labute approximate surface area is 112 Å². The highest BCUT2D eigenvalue weighted by Crippen LogP contribution is 2.06. The van der Waals surface area contributed by atoms with Crippen LogP contribution in [0.4, 0.5) is 0 Å². The van der Waals surface area contributed by atoms with Gasteiger partial charge in [-0.3, -0.25) is 0 Å². The zero-order valence-electron chi connectivity index (χ0n) is 12.1. The van der Waals surface area contributed by atoms with Crippen LogP contribution in [0.3, 0.4) is 0 Å². The summed E-state index contributed by atoms with van der Waals surface area (Å²) in [5, 5.41) is 0. The molecule has 98 valence electrons. The molecule has 0 atom stereocenters. The smallest absolute Gasteiger partial charge is 0.00679 e. The van der Waals surface area contributed by atoms with Gasteiger partial charge in [-0.25, -0.2) is 0 Å². The number of thioether (sulfide) groups is 1. The summed E-state index contributed by atoms with van der Waals surface area (Å²) in [7, 11) is 0. The Bertz CT molecular complexity index is 251. The quantitative estimate of drug-likeness (QED) is 0.687. The average Bonchev–Trinajstić information content (AvgIpc) is 2.27. The van der Waals surface area contributed by atoms with Crippen molar-refractivity contribution in [3.63, 3.8) is 0 Å². The molecule has 0 radical (unpaired) electrons. The Hall–Kier alpha value is -0.430. The van der Waals surface area contributed by atoms with E-state index in [-0.39, 0.29) is 0 Å². The minimum absolute atomic E-state index is 0.766. The van der Waals surface area contributed by atoms with Gasteiger partial charge in [-0.2, -0.15) is 11.8 Å². The van der Waals surface area contributed by atoms with Gasteiger partial charge in [0.25, 0.3) is 0 Å². The molecule has 0 nitrogen and oxygen atoms in total. The molecule has 0 unspecified atom stereocenters. The number of benzene rings is 1. The van der Waals surface area contributed by atoms with E-state index in [0.29, 0.717) is 0 Å². The highest BCUT2D eigenvalue weighted by Gasteiger charge is 1.94. The van der Waals surface area contributed by atoms with Crippen molar-refractivity contribution in [2.45, 2.75) is 40.5 Å². The lowest BCUT2D eigenvalue weighted by atomic mass is 10.0. The van der Waals surface area contributed by atoms with Gasteiger partial charge in [0.1, 0.15) is 0 Å². The summed E-state index contributed by atoms with van der Waals surface area (Å²) in [6.07, 6.45) is 4.71. The van der Waals surface area contributed by atoms with Gasteiger partial charge in [0.05, 0.1) is 0 Å². The fraction of sp³-hybridized carbons (Fsp3) is 0.625. The standard InChI is InChI=1S/C10H14.C6H14S/c1-9(2)8-10-6-4-3-5-7-10;1-6(2)4-5-7-3/h3-7,9H,8H2,1-2H3;6H,4-5H2,1-3H3. The molecule has 0 aromatic heterocycles. The maximum atomic E-state index is 2.26. The fourth-order valence-electron chi connectivity index (χ4n) is 1.44. The molecule has 0 bridgehead atoms. The van der Waals surface area contributed by atoms with Crippen molar-refractivity contribution in [1.82, 2.24) is 0 Å². The Morgan fingerprint density at radius 3 is 1.88 bits per heavy atom. The summed E-state index contributed by atoms with van der Waals surface area (Å²) < 4.78 is 0. The predicted molar refractivity (Wildman–Crippen MR) is 82.8 cm³/mol. The van der Waals surface area contributed by atoms with Gasteiger partial charge in [0.15, 0.2) is 0 Å². The molecule has 0 aliphatic carbocycles. The van der Waals surface area contributed by atoms with Crippen LogP contribution < -0.4 is 0 Å². The molecule has 0 saturated heterocycles. The first-order valence-corrected chi connectivity index (χ1v) is 7.98. The van der Waals surface area contributed by atoms with Gasteiger partial charge < -0.3 is 0 Å². The molecule has 17 heavy (non-hydrogen) atoms. The van der Waals surface area contributed by atoms with E-state index in [9.17, 15) is 0 Å². The summed E-state index contributed by atoms with van der Waals surface area (Å²) in [5.74, 6) is 2.97. The van der Waals surface area contributed by atoms with Crippen molar-refractivity contribution >= 4 is 11.8 Å².